The Kier molecular flexibility index (Phi) is 2.39. The van der Waals surface area contributed by atoms with E-state index in [4.69, 9.17) is 5.14 Å². The van der Waals surface area contributed by atoms with Crippen molar-refractivity contribution < 1.29 is 12.6 Å². The van der Waals surface area contributed by atoms with Crippen molar-refractivity contribution in [2.24, 2.45) is 5.14 Å². The molecule has 0 atom stereocenters. The van der Waals surface area contributed by atoms with E-state index in [2.05, 4.69) is 14.2 Å². The minimum atomic E-state index is -3.93. The molecule has 15 heavy (non-hydrogen) atoms. The molecule has 2 aromatic heterocycles. The summed E-state index contributed by atoms with van der Waals surface area (Å²) < 4.78 is 27.3. The number of rotatable bonds is 3. The molecule has 0 aliphatic heterocycles. The van der Waals surface area contributed by atoms with Gasteiger partial charge in [-0.25, -0.2) is 10.1 Å². The summed E-state index contributed by atoms with van der Waals surface area (Å²) in [7, 11) is -3.93. The molecule has 0 bridgehead atoms. The molecule has 7 nitrogen and oxygen atoms in total. The average molecular weight is 228 g/mol. The first-order valence-corrected chi connectivity index (χ1v) is 5.46. The average Bonchev–Trinajstić information content (AvgIpc) is 2.57. The molecule has 0 aliphatic carbocycles. The van der Waals surface area contributed by atoms with Crippen LogP contribution in [0.2, 0.25) is 0 Å². The summed E-state index contributed by atoms with van der Waals surface area (Å²) >= 11 is 0. The Morgan fingerprint density at radius 3 is 3.00 bits per heavy atom. The number of fused-ring (bicyclic) bond motifs is 1. The van der Waals surface area contributed by atoms with Gasteiger partial charge in [-0.15, -0.1) is 0 Å². The Labute approximate surface area is 85.8 Å². The number of imidazole rings is 1. The SMILES string of the molecule is NS(=O)(=O)OCc1cnc2cnccn12. The van der Waals surface area contributed by atoms with Gasteiger partial charge in [0.05, 0.1) is 18.1 Å². The predicted molar refractivity (Wildman–Crippen MR) is 50.9 cm³/mol. The van der Waals surface area contributed by atoms with Gasteiger partial charge in [0.25, 0.3) is 0 Å². The molecule has 80 valence electrons. The van der Waals surface area contributed by atoms with Crippen LogP contribution in [0.15, 0.2) is 24.8 Å². The third kappa shape index (κ3) is 2.29. The lowest BCUT2D eigenvalue weighted by Gasteiger charge is -2.00. The van der Waals surface area contributed by atoms with Crippen LogP contribution in [0.4, 0.5) is 0 Å². The van der Waals surface area contributed by atoms with E-state index in [9.17, 15) is 8.42 Å². The maximum absolute atomic E-state index is 10.6. The highest BCUT2D eigenvalue weighted by Gasteiger charge is 2.07. The number of nitrogens with zero attached hydrogens (tertiary/aromatic N) is 3. The van der Waals surface area contributed by atoms with Crippen molar-refractivity contribution in [2.45, 2.75) is 6.61 Å². The second kappa shape index (κ2) is 3.57. The zero-order valence-corrected chi connectivity index (χ0v) is 8.38. The third-order valence-corrected chi connectivity index (χ3v) is 2.21. The van der Waals surface area contributed by atoms with Crippen molar-refractivity contribution in [3.05, 3.63) is 30.5 Å². The van der Waals surface area contributed by atoms with E-state index in [1.807, 2.05) is 0 Å². The summed E-state index contributed by atoms with van der Waals surface area (Å²) in [5.41, 5.74) is 1.20. The van der Waals surface area contributed by atoms with Crippen molar-refractivity contribution in [1.29, 1.82) is 0 Å². The summed E-state index contributed by atoms with van der Waals surface area (Å²) in [6, 6.07) is 0. The van der Waals surface area contributed by atoms with Crippen LogP contribution >= 0.6 is 0 Å². The van der Waals surface area contributed by atoms with Gasteiger partial charge in [0.15, 0.2) is 5.65 Å². The molecule has 0 amide bonds. The first-order valence-electron chi connectivity index (χ1n) is 3.99. The van der Waals surface area contributed by atoms with Crippen molar-refractivity contribution in [1.82, 2.24) is 14.4 Å². The highest BCUT2D eigenvalue weighted by Crippen LogP contribution is 2.06. The smallest absolute Gasteiger partial charge is 0.299 e. The highest BCUT2D eigenvalue weighted by molar-refractivity contribution is 7.84. The molecule has 0 saturated heterocycles. The minimum absolute atomic E-state index is 0.149. The number of hydrogen-bond acceptors (Lipinski definition) is 5. The van der Waals surface area contributed by atoms with Crippen LogP contribution in [0.3, 0.4) is 0 Å². The molecule has 2 heterocycles. The van der Waals surface area contributed by atoms with E-state index in [1.165, 1.54) is 6.20 Å². The van der Waals surface area contributed by atoms with E-state index in [-0.39, 0.29) is 6.61 Å². The van der Waals surface area contributed by atoms with Crippen LogP contribution < -0.4 is 5.14 Å². The number of nitrogens with two attached hydrogens (primary N) is 1. The lowest BCUT2D eigenvalue weighted by Crippen LogP contribution is -2.16. The molecule has 0 unspecified atom stereocenters. The maximum Gasteiger partial charge on any atom is 0.333 e. The summed E-state index contributed by atoms with van der Waals surface area (Å²) in [6.07, 6.45) is 6.28. The quantitative estimate of drug-likeness (QED) is 0.759. The molecule has 2 rings (SSSR count). The van der Waals surface area contributed by atoms with E-state index in [1.54, 1.807) is 23.0 Å². The molecule has 0 aromatic carbocycles. The van der Waals surface area contributed by atoms with Gasteiger partial charge in [-0.3, -0.25) is 13.6 Å². The Bertz CT molecular complexity index is 577. The van der Waals surface area contributed by atoms with Crippen LogP contribution in [0, 0.1) is 0 Å². The fourth-order valence-electron chi connectivity index (χ4n) is 1.14. The molecule has 0 spiro atoms. The fraction of sp³-hybridized carbons (Fsp3) is 0.143. The van der Waals surface area contributed by atoms with Gasteiger partial charge in [-0.2, -0.15) is 8.42 Å². The number of aromatic nitrogens is 3. The van der Waals surface area contributed by atoms with E-state index in [0.717, 1.165) is 0 Å². The second-order valence-electron chi connectivity index (χ2n) is 2.81. The third-order valence-electron chi connectivity index (χ3n) is 1.76. The summed E-state index contributed by atoms with van der Waals surface area (Å²) in [5.74, 6) is 0. The monoisotopic (exact) mass is 228 g/mol. The Morgan fingerprint density at radius 2 is 2.27 bits per heavy atom. The first kappa shape index (κ1) is 10.0. The molecule has 0 saturated carbocycles. The molecule has 2 N–H and O–H groups in total. The van der Waals surface area contributed by atoms with Gasteiger partial charge in [0.2, 0.25) is 0 Å². The van der Waals surface area contributed by atoms with Crippen LogP contribution in [0.1, 0.15) is 5.69 Å². The molecular formula is C7H8N4O3S. The molecule has 2 aromatic rings. The van der Waals surface area contributed by atoms with E-state index < -0.39 is 10.3 Å². The van der Waals surface area contributed by atoms with Gasteiger partial charge in [0.1, 0.15) is 6.61 Å². The van der Waals surface area contributed by atoms with Crippen LogP contribution in [-0.2, 0) is 21.1 Å². The largest absolute Gasteiger partial charge is 0.333 e. The summed E-state index contributed by atoms with van der Waals surface area (Å²) in [5, 5.41) is 4.70. The lowest BCUT2D eigenvalue weighted by atomic mass is 10.5. The maximum atomic E-state index is 10.6. The predicted octanol–water partition coefficient (Wildman–Crippen LogP) is -0.551. The van der Waals surface area contributed by atoms with Gasteiger partial charge >= 0.3 is 10.3 Å². The van der Waals surface area contributed by atoms with E-state index in [0.29, 0.717) is 11.3 Å². The van der Waals surface area contributed by atoms with Crippen LogP contribution in [0.5, 0.6) is 0 Å². The van der Waals surface area contributed by atoms with E-state index >= 15 is 0 Å². The molecule has 0 aliphatic rings. The van der Waals surface area contributed by atoms with Crippen LogP contribution in [0.25, 0.3) is 5.65 Å². The zero-order valence-electron chi connectivity index (χ0n) is 7.57. The Balaban J connectivity index is 2.29. The van der Waals surface area contributed by atoms with Gasteiger partial charge < -0.3 is 0 Å². The topological polar surface area (TPSA) is 99.6 Å². The molecule has 0 fully saturated rings. The fourth-order valence-corrected chi connectivity index (χ4v) is 1.43. The van der Waals surface area contributed by atoms with Crippen molar-refractivity contribution in [3.8, 4) is 0 Å². The first-order chi connectivity index (χ1) is 7.06. The number of hydrogen-bond donors (Lipinski definition) is 1. The van der Waals surface area contributed by atoms with Crippen molar-refractivity contribution in [3.63, 3.8) is 0 Å². The summed E-state index contributed by atoms with van der Waals surface area (Å²) in [6.45, 7) is -0.149. The lowest BCUT2D eigenvalue weighted by molar-refractivity contribution is 0.303. The normalized spacial score (nSPS) is 12.1. The van der Waals surface area contributed by atoms with Crippen LogP contribution in [-0.4, -0.2) is 22.8 Å². The zero-order chi connectivity index (χ0) is 10.9. The van der Waals surface area contributed by atoms with Gasteiger partial charge in [-0.05, 0) is 0 Å². The molecular weight excluding hydrogens is 220 g/mol. The Hall–Kier alpha value is -1.51. The molecule has 0 radical (unpaired) electrons. The Morgan fingerprint density at radius 1 is 1.47 bits per heavy atom. The van der Waals surface area contributed by atoms with Crippen molar-refractivity contribution >= 4 is 16.0 Å². The van der Waals surface area contributed by atoms with Crippen molar-refractivity contribution in [2.75, 3.05) is 0 Å². The standard InChI is InChI=1S/C7H8N4O3S/c8-15(12,13)14-5-6-3-10-7-4-9-1-2-11(6)7/h1-4H,5H2,(H2,8,12,13). The van der Waals surface area contributed by atoms with Gasteiger partial charge in [0, 0.05) is 12.4 Å². The second-order valence-corrected chi connectivity index (χ2v) is 4.03. The highest BCUT2D eigenvalue weighted by atomic mass is 32.2. The molecule has 8 heteroatoms. The summed E-state index contributed by atoms with van der Waals surface area (Å²) in [4.78, 5) is 7.87. The van der Waals surface area contributed by atoms with Gasteiger partial charge in [-0.1, -0.05) is 0 Å². The minimum Gasteiger partial charge on any atom is -0.299 e.